The van der Waals surface area contributed by atoms with Crippen molar-refractivity contribution in [3.8, 4) is 5.75 Å². The van der Waals surface area contributed by atoms with Gasteiger partial charge in [0.2, 0.25) is 5.75 Å². The smallest absolute Gasteiger partial charge is 0.399 e. The molecule has 1 saturated carbocycles. The molecule has 0 atom stereocenters. The van der Waals surface area contributed by atoms with Crippen LogP contribution in [0.25, 0.3) is 0 Å². The fourth-order valence-electron chi connectivity index (χ4n) is 2.62. The zero-order valence-corrected chi connectivity index (χ0v) is 10.9. The van der Waals surface area contributed by atoms with Crippen molar-refractivity contribution < 1.29 is 26.7 Å². The highest BCUT2D eigenvalue weighted by atomic mass is 19.4. The lowest BCUT2D eigenvalue weighted by Crippen LogP contribution is -2.19. The average molecular weight is 294 g/mol. The molecule has 0 unspecified atom stereocenters. The van der Waals surface area contributed by atoms with Crippen LogP contribution in [0.2, 0.25) is 0 Å². The van der Waals surface area contributed by atoms with Crippen molar-refractivity contribution in [3.63, 3.8) is 0 Å². The molecule has 6 heteroatoms. The van der Waals surface area contributed by atoms with Crippen LogP contribution in [-0.4, -0.2) is 6.36 Å². The van der Waals surface area contributed by atoms with E-state index in [-0.39, 0.29) is 5.92 Å². The molecule has 0 N–H and O–H groups in total. The van der Waals surface area contributed by atoms with E-state index >= 15 is 0 Å². The molecule has 0 radical (unpaired) electrons. The molecular weight excluding hydrogens is 279 g/mol. The van der Waals surface area contributed by atoms with Crippen molar-refractivity contribution >= 4 is 0 Å². The van der Waals surface area contributed by atoms with Crippen molar-refractivity contribution in [2.45, 2.75) is 44.9 Å². The molecular formula is C14H15F5O. The Morgan fingerprint density at radius 1 is 1.00 bits per heavy atom. The highest BCUT2D eigenvalue weighted by Gasteiger charge is 2.34. The fraction of sp³-hybridized carbons (Fsp3) is 0.571. The van der Waals surface area contributed by atoms with E-state index in [1.807, 2.05) is 0 Å². The Labute approximate surface area is 113 Å². The highest BCUT2D eigenvalue weighted by molar-refractivity contribution is 5.33. The summed E-state index contributed by atoms with van der Waals surface area (Å²) in [5.74, 6) is -3.43. The summed E-state index contributed by atoms with van der Waals surface area (Å²) >= 11 is 0. The Bertz CT molecular complexity index is 452. The zero-order chi connectivity index (χ0) is 14.9. The van der Waals surface area contributed by atoms with Crippen LogP contribution in [0.4, 0.5) is 22.0 Å². The largest absolute Gasteiger partial charge is 0.573 e. The van der Waals surface area contributed by atoms with E-state index in [0.717, 1.165) is 37.8 Å². The van der Waals surface area contributed by atoms with Gasteiger partial charge in [-0.15, -0.1) is 13.2 Å². The van der Waals surface area contributed by atoms with Gasteiger partial charge in [0.1, 0.15) is 0 Å². The minimum Gasteiger partial charge on any atom is -0.399 e. The SMILES string of the molecule is CC1CCC(c2cc(F)c(OC(F)(F)F)c(F)c2)CC1. The molecule has 2 rings (SSSR count). The predicted octanol–water partition coefficient (Wildman–Crippen LogP) is 5.16. The lowest BCUT2D eigenvalue weighted by molar-refractivity contribution is -0.276. The van der Waals surface area contributed by atoms with Crippen molar-refractivity contribution in [2.24, 2.45) is 5.92 Å². The van der Waals surface area contributed by atoms with Crippen LogP contribution in [0.1, 0.15) is 44.1 Å². The first-order valence-corrected chi connectivity index (χ1v) is 6.51. The predicted molar refractivity (Wildman–Crippen MR) is 63.4 cm³/mol. The minimum atomic E-state index is -5.11. The second-order valence-corrected chi connectivity index (χ2v) is 5.32. The molecule has 0 saturated heterocycles. The fourth-order valence-corrected chi connectivity index (χ4v) is 2.62. The number of benzene rings is 1. The summed E-state index contributed by atoms with van der Waals surface area (Å²) in [6.07, 6.45) is -1.62. The maximum absolute atomic E-state index is 13.6. The van der Waals surface area contributed by atoms with Crippen molar-refractivity contribution in [2.75, 3.05) is 0 Å². The van der Waals surface area contributed by atoms with Crippen LogP contribution in [0, 0.1) is 17.6 Å². The first-order chi connectivity index (χ1) is 9.26. The Kier molecular flexibility index (Phi) is 4.20. The Morgan fingerprint density at radius 3 is 1.95 bits per heavy atom. The van der Waals surface area contributed by atoms with Gasteiger partial charge >= 0.3 is 6.36 Å². The van der Waals surface area contributed by atoms with Crippen LogP contribution in [0.5, 0.6) is 5.75 Å². The summed E-state index contributed by atoms with van der Waals surface area (Å²) in [7, 11) is 0. The van der Waals surface area contributed by atoms with Gasteiger partial charge in [0.05, 0.1) is 0 Å². The quantitative estimate of drug-likeness (QED) is 0.685. The maximum Gasteiger partial charge on any atom is 0.573 e. The minimum absolute atomic E-state index is 0.00450. The third-order valence-corrected chi connectivity index (χ3v) is 3.73. The molecule has 0 bridgehead atoms. The van der Waals surface area contributed by atoms with Gasteiger partial charge in [0.25, 0.3) is 0 Å². The van der Waals surface area contributed by atoms with Crippen molar-refractivity contribution in [1.29, 1.82) is 0 Å². The van der Waals surface area contributed by atoms with E-state index in [9.17, 15) is 22.0 Å². The molecule has 0 aliphatic heterocycles. The number of ether oxygens (including phenoxy) is 1. The molecule has 1 aromatic rings. The third-order valence-electron chi connectivity index (χ3n) is 3.73. The van der Waals surface area contributed by atoms with Crippen LogP contribution >= 0.6 is 0 Å². The van der Waals surface area contributed by atoms with Crippen LogP contribution < -0.4 is 4.74 Å². The molecule has 0 aromatic heterocycles. The van der Waals surface area contributed by atoms with Crippen LogP contribution in [0.15, 0.2) is 12.1 Å². The normalized spacial score (nSPS) is 23.7. The molecule has 112 valence electrons. The van der Waals surface area contributed by atoms with E-state index in [4.69, 9.17) is 0 Å². The van der Waals surface area contributed by atoms with E-state index in [1.165, 1.54) is 0 Å². The molecule has 0 amide bonds. The van der Waals surface area contributed by atoms with E-state index in [2.05, 4.69) is 11.7 Å². The second kappa shape index (κ2) is 5.58. The van der Waals surface area contributed by atoms with Crippen molar-refractivity contribution in [3.05, 3.63) is 29.3 Å². The number of alkyl halides is 3. The van der Waals surface area contributed by atoms with Gasteiger partial charge in [-0.05, 0) is 42.4 Å². The number of hydrogen-bond donors (Lipinski definition) is 0. The van der Waals surface area contributed by atoms with E-state index in [1.54, 1.807) is 0 Å². The molecule has 20 heavy (non-hydrogen) atoms. The van der Waals surface area contributed by atoms with Crippen molar-refractivity contribution in [1.82, 2.24) is 0 Å². The molecule has 1 aromatic carbocycles. The zero-order valence-electron chi connectivity index (χ0n) is 10.9. The maximum atomic E-state index is 13.6. The summed E-state index contributed by atoms with van der Waals surface area (Å²) in [6, 6.07) is 1.90. The first-order valence-electron chi connectivity index (χ1n) is 6.51. The number of hydrogen-bond acceptors (Lipinski definition) is 1. The lowest BCUT2D eigenvalue weighted by atomic mass is 9.79. The average Bonchev–Trinajstić information content (AvgIpc) is 2.33. The van der Waals surface area contributed by atoms with Gasteiger partial charge in [0.15, 0.2) is 11.6 Å². The standard InChI is InChI=1S/C14H15F5O/c1-8-2-4-9(5-3-8)10-6-11(15)13(12(16)7-10)20-14(17,18)19/h6-9H,2-5H2,1H3. The first kappa shape index (κ1) is 15.1. The lowest BCUT2D eigenvalue weighted by Gasteiger charge is -2.26. The molecule has 0 heterocycles. The molecule has 0 spiro atoms. The Hall–Kier alpha value is -1.33. The highest BCUT2D eigenvalue weighted by Crippen LogP contribution is 2.38. The van der Waals surface area contributed by atoms with E-state index < -0.39 is 23.7 Å². The van der Waals surface area contributed by atoms with Gasteiger partial charge in [-0.3, -0.25) is 0 Å². The van der Waals surface area contributed by atoms with Gasteiger partial charge in [0, 0.05) is 0 Å². The summed E-state index contributed by atoms with van der Waals surface area (Å²) in [4.78, 5) is 0. The third kappa shape index (κ3) is 3.61. The van der Waals surface area contributed by atoms with Gasteiger partial charge in [-0.2, -0.15) is 0 Å². The number of halogens is 5. The van der Waals surface area contributed by atoms with Gasteiger partial charge < -0.3 is 4.74 Å². The molecule has 1 aliphatic carbocycles. The van der Waals surface area contributed by atoms with Crippen LogP contribution in [-0.2, 0) is 0 Å². The second-order valence-electron chi connectivity index (χ2n) is 5.32. The monoisotopic (exact) mass is 294 g/mol. The molecule has 1 fully saturated rings. The molecule has 1 aliphatic rings. The Morgan fingerprint density at radius 2 is 1.50 bits per heavy atom. The summed E-state index contributed by atoms with van der Waals surface area (Å²) < 4.78 is 66.7. The van der Waals surface area contributed by atoms with Gasteiger partial charge in [-0.25, -0.2) is 8.78 Å². The summed E-state index contributed by atoms with van der Waals surface area (Å²) in [6.45, 7) is 2.11. The topological polar surface area (TPSA) is 9.23 Å². The Balaban J connectivity index is 2.21. The van der Waals surface area contributed by atoms with E-state index in [0.29, 0.717) is 11.5 Å². The summed E-state index contributed by atoms with van der Waals surface area (Å²) in [5, 5.41) is 0. The summed E-state index contributed by atoms with van der Waals surface area (Å²) in [5.41, 5.74) is 0.404. The molecule has 1 nitrogen and oxygen atoms in total. The van der Waals surface area contributed by atoms with Gasteiger partial charge in [-0.1, -0.05) is 19.8 Å². The van der Waals surface area contributed by atoms with Crippen LogP contribution in [0.3, 0.4) is 0 Å². The number of rotatable bonds is 2.